The molecule has 5 nitrogen and oxygen atoms in total. The molecule has 0 aliphatic carbocycles. The summed E-state index contributed by atoms with van der Waals surface area (Å²) in [6.45, 7) is 1.93. The van der Waals surface area contributed by atoms with Crippen LogP contribution in [0.15, 0.2) is 72.9 Å². The van der Waals surface area contributed by atoms with Gasteiger partial charge in [0.15, 0.2) is 0 Å². The minimum Gasteiger partial charge on any atom is -0.465 e. The number of aryl methyl sites for hydroxylation is 1. The molecule has 0 radical (unpaired) electrons. The van der Waals surface area contributed by atoms with Gasteiger partial charge in [0.25, 0.3) is 0 Å². The average molecular weight is 411 g/mol. The molecule has 3 aromatic carbocycles. The molecule has 5 heteroatoms. The maximum absolute atomic E-state index is 12.4. The van der Waals surface area contributed by atoms with Gasteiger partial charge in [-0.2, -0.15) is 0 Å². The Balaban J connectivity index is 2.06. The summed E-state index contributed by atoms with van der Waals surface area (Å²) in [5, 5.41) is 1.86. The van der Waals surface area contributed by atoms with E-state index < -0.39 is 11.9 Å². The molecule has 0 N–H and O–H groups in total. The number of carbonyl (C=O) groups excluding carboxylic acids is 2. The Bertz CT molecular complexity index is 1310. The van der Waals surface area contributed by atoms with Crippen LogP contribution >= 0.6 is 0 Å². The second kappa shape index (κ2) is 8.40. The Labute approximate surface area is 180 Å². The third-order valence-electron chi connectivity index (χ3n) is 5.24. The van der Waals surface area contributed by atoms with Gasteiger partial charge in [-0.3, -0.25) is 4.98 Å². The lowest BCUT2D eigenvalue weighted by atomic mass is 9.90. The highest BCUT2D eigenvalue weighted by molar-refractivity contribution is 6.07. The minimum atomic E-state index is -0.413. The van der Waals surface area contributed by atoms with Crippen molar-refractivity contribution in [1.82, 2.24) is 4.98 Å². The maximum atomic E-state index is 12.4. The number of carbonyl (C=O) groups is 2. The van der Waals surface area contributed by atoms with Gasteiger partial charge in [-0.15, -0.1) is 0 Å². The number of benzene rings is 3. The fourth-order valence-corrected chi connectivity index (χ4v) is 3.77. The van der Waals surface area contributed by atoms with Crippen LogP contribution in [0.5, 0.6) is 0 Å². The highest BCUT2D eigenvalue weighted by atomic mass is 16.5. The van der Waals surface area contributed by atoms with Crippen LogP contribution in [0.1, 0.15) is 26.4 Å². The van der Waals surface area contributed by atoms with E-state index in [2.05, 4.69) is 4.98 Å². The van der Waals surface area contributed by atoms with E-state index >= 15 is 0 Å². The van der Waals surface area contributed by atoms with Gasteiger partial charge in [-0.05, 0) is 64.9 Å². The SMILES string of the molecule is COC(=O)c1ccccc1-c1cc(-c2ccccc2C(=O)OC)c2cnc(C)cc2c1. The first-order valence-corrected chi connectivity index (χ1v) is 9.79. The summed E-state index contributed by atoms with van der Waals surface area (Å²) in [5.41, 5.74) is 4.98. The number of ether oxygens (including phenoxy) is 2. The third kappa shape index (κ3) is 3.78. The number of rotatable bonds is 4. The standard InChI is InChI=1S/C26H21NO4/c1-16-12-17-13-18(19-8-4-6-10-21(19)25(28)30-2)14-23(24(17)15-27-16)20-9-5-7-11-22(20)26(29)31-3/h4-15H,1-3H3. The van der Waals surface area contributed by atoms with E-state index in [1.54, 1.807) is 24.3 Å². The van der Waals surface area contributed by atoms with E-state index in [4.69, 9.17) is 9.47 Å². The number of hydrogen-bond donors (Lipinski definition) is 0. The predicted molar refractivity (Wildman–Crippen MR) is 120 cm³/mol. The summed E-state index contributed by atoms with van der Waals surface area (Å²) >= 11 is 0. The van der Waals surface area contributed by atoms with Crippen molar-refractivity contribution in [2.24, 2.45) is 0 Å². The number of nitrogens with zero attached hydrogens (tertiary/aromatic N) is 1. The second-order valence-electron chi connectivity index (χ2n) is 7.14. The van der Waals surface area contributed by atoms with Gasteiger partial charge in [0, 0.05) is 17.3 Å². The van der Waals surface area contributed by atoms with Crippen LogP contribution in [-0.4, -0.2) is 31.1 Å². The molecule has 0 fully saturated rings. The van der Waals surface area contributed by atoms with Gasteiger partial charge < -0.3 is 9.47 Å². The first-order chi connectivity index (χ1) is 15.0. The average Bonchev–Trinajstić information content (AvgIpc) is 2.82. The topological polar surface area (TPSA) is 65.5 Å². The molecule has 0 saturated carbocycles. The molecule has 0 unspecified atom stereocenters. The number of esters is 2. The van der Waals surface area contributed by atoms with Gasteiger partial charge in [-0.1, -0.05) is 36.4 Å². The zero-order valence-corrected chi connectivity index (χ0v) is 17.5. The quantitative estimate of drug-likeness (QED) is 0.418. The highest BCUT2D eigenvalue weighted by Crippen LogP contribution is 2.37. The lowest BCUT2D eigenvalue weighted by molar-refractivity contribution is 0.0592. The highest BCUT2D eigenvalue weighted by Gasteiger charge is 2.18. The molecule has 0 saturated heterocycles. The Morgan fingerprint density at radius 2 is 1.32 bits per heavy atom. The number of aromatic nitrogens is 1. The zero-order chi connectivity index (χ0) is 22.0. The summed E-state index contributed by atoms with van der Waals surface area (Å²) in [7, 11) is 2.73. The van der Waals surface area contributed by atoms with E-state index in [0.717, 1.165) is 38.7 Å². The molecule has 0 atom stereocenters. The van der Waals surface area contributed by atoms with Crippen LogP contribution in [0, 0.1) is 6.92 Å². The van der Waals surface area contributed by atoms with Gasteiger partial charge in [0.2, 0.25) is 0 Å². The van der Waals surface area contributed by atoms with Crippen molar-refractivity contribution in [2.45, 2.75) is 6.92 Å². The van der Waals surface area contributed by atoms with Crippen LogP contribution in [-0.2, 0) is 9.47 Å². The van der Waals surface area contributed by atoms with Crippen LogP contribution in [0.4, 0.5) is 0 Å². The van der Waals surface area contributed by atoms with Crippen molar-refractivity contribution in [1.29, 1.82) is 0 Å². The maximum Gasteiger partial charge on any atom is 0.338 e. The molecule has 4 rings (SSSR count). The van der Waals surface area contributed by atoms with Gasteiger partial charge >= 0.3 is 11.9 Å². The molecule has 0 spiro atoms. The summed E-state index contributed by atoms with van der Waals surface area (Å²) in [4.78, 5) is 29.3. The molecule has 1 heterocycles. The number of methoxy groups -OCH3 is 2. The van der Waals surface area contributed by atoms with Gasteiger partial charge in [0.1, 0.15) is 0 Å². The first-order valence-electron chi connectivity index (χ1n) is 9.79. The van der Waals surface area contributed by atoms with Crippen molar-refractivity contribution in [3.05, 3.63) is 89.7 Å². The van der Waals surface area contributed by atoms with Crippen LogP contribution in [0.25, 0.3) is 33.0 Å². The summed E-state index contributed by atoms with van der Waals surface area (Å²) < 4.78 is 9.97. The lowest BCUT2D eigenvalue weighted by Crippen LogP contribution is -2.04. The summed E-state index contributed by atoms with van der Waals surface area (Å²) in [5.74, 6) is -0.817. The Hall–Kier alpha value is -3.99. The van der Waals surface area contributed by atoms with E-state index in [1.165, 1.54) is 14.2 Å². The number of hydrogen-bond acceptors (Lipinski definition) is 5. The fourth-order valence-electron chi connectivity index (χ4n) is 3.77. The van der Waals surface area contributed by atoms with Gasteiger partial charge in [0.05, 0.1) is 25.3 Å². The molecule has 154 valence electrons. The van der Waals surface area contributed by atoms with E-state index in [-0.39, 0.29) is 0 Å². The number of fused-ring (bicyclic) bond motifs is 1. The van der Waals surface area contributed by atoms with Gasteiger partial charge in [-0.25, -0.2) is 9.59 Å². The smallest absolute Gasteiger partial charge is 0.338 e. The molecule has 0 aliphatic rings. The molecule has 31 heavy (non-hydrogen) atoms. The Morgan fingerprint density at radius 1 is 0.742 bits per heavy atom. The molecular weight excluding hydrogens is 390 g/mol. The van der Waals surface area contributed by atoms with Crippen molar-refractivity contribution < 1.29 is 19.1 Å². The lowest BCUT2D eigenvalue weighted by Gasteiger charge is -2.15. The van der Waals surface area contributed by atoms with Crippen molar-refractivity contribution in [3.8, 4) is 22.3 Å². The molecule has 4 aromatic rings. The Kier molecular flexibility index (Phi) is 5.50. The Morgan fingerprint density at radius 3 is 1.97 bits per heavy atom. The predicted octanol–water partition coefficient (Wildman–Crippen LogP) is 5.45. The fraction of sp³-hybridized carbons (Fsp3) is 0.115. The second-order valence-corrected chi connectivity index (χ2v) is 7.14. The van der Waals surface area contributed by atoms with Crippen LogP contribution < -0.4 is 0 Å². The van der Waals surface area contributed by atoms with Crippen LogP contribution in [0.2, 0.25) is 0 Å². The van der Waals surface area contributed by atoms with E-state index in [0.29, 0.717) is 11.1 Å². The monoisotopic (exact) mass is 411 g/mol. The van der Waals surface area contributed by atoms with E-state index in [1.807, 2.05) is 55.6 Å². The third-order valence-corrected chi connectivity index (χ3v) is 5.24. The van der Waals surface area contributed by atoms with Crippen molar-refractivity contribution in [2.75, 3.05) is 14.2 Å². The summed E-state index contributed by atoms with van der Waals surface area (Å²) in [6.07, 6.45) is 1.81. The molecule has 0 aliphatic heterocycles. The van der Waals surface area contributed by atoms with Crippen molar-refractivity contribution in [3.63, 3.8) is 0 Å². The van der Waals surface area contributed by atoms with E-state index in [9.17, 15) is 9.59 Å². The molecule has 0 amide bonds. The first kappa shape index (κ1) is 20.3. The minimum absolute atomic E-state index is 0.405. The van der Waals surface area contributed by atoms with Crippen molar-refractivity contribution >= 4 is 22.7 Å². The molecule has 1 aromatic heterocycles. The zero-order valence-electron chi connectivity index (χ0n) is 17.5. The summed E-state index contributed by atoms with van der Waals surface area (Å²) in [6, 6.07) is 20.6. The largest absolute Gasteiger partial charge is 0.465 e. The molecular formula is C26H21NO4. The molecule has 0 bridgehead atoms. The number of pyridine rings is 1. The van der Waals surface area contributed by atoms with Crippen LogP contribution in [0.3, 0.4) is 0 Å². The normalized spacial score (nSPS) is 10.7.